The molecule has 0 radical (unpaired) electrons. The standard InChI is InChI=1S/C15H15N3O3/c1-8-17-11-4-2-3-10(16)14(11)15(21)18(8)12-6-5-9(19)7-13(12)20/h2-4,12H,5-7,16H2,1H3/i1D3,2D,3D,4D,5D,6D. The third-order valence-corrected chi connectivity index (χ3v) is 3.18. The van der Waals surface area contributed by atoms with Gasteiger partial charge in [0, 0.05) is 18.9 Å². The molecular formula is C15H15N3O3. The molecule has 0 bridgehead atoms. The van der Waals surface area contributed by atoms with Gasteiger partial charge in [0.2, 0.25) is 0 Å². The highest BCUT2D eigenvalue weighted by atomic mass is 16.2. The second-order valence-electron chi connectivity index (χ2n) is 4.54. The maximum Gasteiger partial charge on any atom is 0.264 e. The van der Waals surface area contributed by atoms with Crippen molar-refractivity contribution in [3.8, 4) is 0 Å². The van der Waals surface area contributed by atoms with E-state index >= 15 is 0 Å². The fraction of sp³-hybridized carbons (Fsp3) is 0.333. The predicted molar refractivity (Wildman–Crippen MR) is 78.1 cm³/mol. The van der Waals surface area contributed by atoms with Crippen molar-refractivity contribution in [1.29, 1.82) is 0 Å². The number of nitrogens with two attached hydrogens (primary N) is 1. The van der Waals surface area contributed by atoms with Crippen LogP contribution in [0.4, 0.5) is 5.69 Å². The van der Waals surface area contributed by atoms with Gasteiger partial charge in [-0.25, -0.2) is 4.98 Å². The SMILES string of the molecule is [2H]c1c([2H])c(N)c2c(=O)n(C3C(=O)CC(=O)C([2H])C3[2H])c(C([2H])([2H])[2H])nc2c1[2H]. The topological polar surface area (TPSA) is 95.0 Å². The normalized spacial score (nSPS) is 32.3. The van der Waals surface area contributed by atoms with Gasteiger partial charge in [-0.05, 0) is 25.3 Å². The first kappa shape index (κ1) is 6.98. The molecule has 0 aliphatic heterocycles. The molecule has 1 aromatic heterocycles. The maximum atomic E-state index is 13.2. The van der Waals surface area contributed by atoms with Crippen LogP contribution >= 0.6 is 0 Å². The van der Waals surface area contributed by atoms with Crippen LogP contribution in [0.3, 0.4) is 0 Å². The average molecular weight is 293 g/mol. The van der Waals surface area contributed by atoms with E-state index in [1.54, 1.807) is 0 Å². The number of anilines is 1. The number of carbonyl (C=O) groups excluding carboxylic acids is 2. The summed E-state index contributed by atoms with van der Waals surface area (Å²) < 4.78 is 62.8. The number of Topliss-reactive ketones (excluding diaryl/α,β-unsaturated/α-hetero) is 2. The smallest absolute Gasteiger partial charge is 0.264 e. The van der Waals surface area contributed by atoms with Crippen molar-refractivity contribution in [2.75, 3.05) is 5.73 Å². The zero-order valence-corrected chi connectivity index (χ0v) is 10.6. The minimum absolute atomic E-state index is 0.433. The molecule has 1 aromatic carbocycles. The lowest BCUT2D eigenvalue weighted by atomic mass is 9.92. The zero-order valence-electron chi connectivity index (χ0n) is 18.6. The molecule has 2 N–H and O–H groups in total. The van der Waals surface area contributed by atoms with E-state index in [9.17, 15) is 14.4 Å². The fourth-order valence-corrected chi connectivity index (χ4v) is 2.22. The van der Waals surface area contributed by atoms with Crippen LogP contribution in [0, 0.1) is 6.85 Å². The van der Waals surface area contributed by atoms with Crippen LogP contribution in [-0.2, 0) is 9.59 Å². The molecule has 0 saturated heterocycles. The van der Waals surface area contributed by atoms with Gasteiger partial charge >= 0.3 is 0 Å². The molecule has 0 amide bonds. The number of ketones is 2. The number of aromatic nitrogens is 2. The van der Waals surface area contributed by atoms with Crippen LogP contribution in [0.2, 0.25) is 0 Å². The summed E-state index contributed by atoms with van der Waals surface area (Å²) in [5.41, 5.74) is 3.54. The molecule has 3 atom stereocenters. The number of fused-ring (bicyclic) bond motifs is 1. The summed E-state index contributed by atoms with van der Waals surface area (Å²) >= 11 is 0. The van der Waals surface area contributed by atoms with E-state index in [0.717, 1.165) is 0 Å². The summed E-state index contributed by atoms with van der Waals surface area (Å²) in [6.45, 7) is -3.06. The Morgan fingerprint density at radius 2 is 2.29 bits per heavy atom. The van der Waals surface area contributed by atoms with Crippen LogP contribution in [0.1, 0.15) is 42.0 Å². The third kappa shape index (κ3) is 2.12. The molecule has 1 fully saturated rings. The number of benzene rings is 1. The van der Waals surface area contributed by atoms with Crippen LogP contribution in [-0.4, -0.2) is 21.1 Å². The Morgan fingerprint density at radius 3 is 3.05 bits per heavy atom. The molecule has 0 spiro atoms. The van der Waals surface area contributed by atoms with Crippen molar-refractivity contribution < 1.29 is 20.6 Å². The highest BCUT2D eigenvalue weighted by Crippen LogP contribution is 2.24. The van der Waals surface area contributed by atoms with Crippen molar-refractivity contribution >= 4 is 28.2 Å². The van der Waals surface area contributed by atoms with Gasteiger partial charge in [-0.2, -0.15) is 0 Å². The summed E-state index contributed by atoms with van der Waals surface area (Å²) in [7, 11) is 0. The first-order chi connectivity index (χ1) is 13.3. The quantitative estimate of drug-likeness (QED) is 0.628. The minimum atomic E-state index is -3.06. The molecule has 21 heavy (non-hydrogen) atoms. The van der Waals surface area contributed by atoms with Crippen LogP contribution in [0.5, 0.6) is 0 Å². The number of hydrogen-bond acceptors (Lipinski definition) is 5. The Bertz CT molecular complexity index is 1130. The molecule has 1 aliphatic rings. The largest absolute Gasteiger partial charge is 0.398 e. The summed E-state index contributed by atoms with van der Waals surface area (Å²) in [5, 5.41) is -0.526. The summed E-state index contributed by atoms with van der Waals surface area (Å²) in [4.78, 5) is 41.2. The van der Waals surface area contributed by atoms with Crippen molar-refractivity contribution in [2.24, 2.45) is 0 Å². The van der Waals surface area contributed by atoms with Gasteiger partial charge in [-0.15, -0.1) is 0 Å². The van der Waals surface area contributed by atoms with E-state index in [2.05, 4.69) is 4.98 Å². The minimum Gasteiger partial charge on any atom is -0.398 e. The highest BCUT2D eigenvalue weighted by molar-refractivity contribution is 6.03. The van der Waals surface area contributed by atoms with Crippen molar-refractivity contribution in [2.45, 2.75) is 32.1 Å². The number of aryl methyl sites for hydroxylation is 1. The van der Waals surface area contributed by atoms with E-state index in [-0.39, 0.29) is 0 Å². The molecule has 2 aromatic rings. The second kappa shape index (κ2) is 4.80. The van der Waals surface area contributed by atoms with Crippen molar-refractivity contribution in [3.63, 3.8) is 0 Å². The number of rotatable bonds is 1. The van der Waals surface area contributed by atoms with E-state index in [4.69, 9.17) is 16.7 Å². The van der Waals surface area contributed by atoms with Gasteiger partial charge in [-0.3, -0.25) is 19.0 Å². The van der Waals surface area contributed by atoms with Gasteiger partial charge in [0.05, 0.1) is 27.5 Å². The predicted octanol–water partition coefficient (Wildman–Crippen LogP) is 1.15. The summed E-state index contributed by atoms with van der Waals surface area (Å²) in [6, 6.07) is -3.74. The first-order valence-electron chi connectivity index (χ1n) is 10.2. The Hall–Kier alpha value is -2.50. The molecule has 3 rings (SSSR count). The first-order valence-corrected chi connectivity index (χ1v) is 6.00. The van der Waals surface area contributed by atoms with E-state index < -0.39 is 89.8 Å². The van der Waals surface area contributed by atoms with E-state index in [0.29, 0.717) is 4.57 Å². The summed E-state index contributed by atoms with van der Waals surface area (Å²) in [6.07, 6.45) is -4.17. The third-order valence-electron chi connectivity index (χ3n) is 3.18. The van der Waals surface area contributed by atoms with Gasteiger partial charge in [0.25, 0.3) is 5.56 Å². The summed E-state index contributed by atoms with van der Waals surface area (Å²) in [5.74, 6) is -2.65. The lowest BCUT2D eigenvalue weighted by Gasteiger charge is -2.24. The van der Waals surface area contributed by atoms with E-state index in [1.165, 1.54) is 0 Å². The number of nitrogen functional groups attached to an aromatic ring is 1. The lowest BCUT2D eigenvalue weighted by Crippen LogP contribution is -2.36. The molecular weight excluding hydrogens is 270 g/mol. The van der Waals surface area contributed by atoms with Crippen LogP contribution < -0.4 is 11.3 Å². The average Bonchev–Trinajstić information content (AvgIpc) is 2.62. The maximum absolute atomic E-state index is 13.2. The number of carbonyl (C=O) groups is 2. The van der Waals surface area contributed by atoms with Gasteiger partial charge in [0.1, 0.15) is 11.6 Å². The molecule has 3 unspecified atom stereocenters. The monoisotopic (exact) mass is 293 g/mol. The molecule has 6 nitrogen and oxygen atoms in total. The molecule has 6 heteroatoms. The molecule has 1 saturated carbocycles. The van der Waals surface area contributed by atoms with Crippen molar-refractivity contribution in [1.82, 2.24) is 9.55 Å². The van der Waals surface area contributed by atoms with Crippen LogP contribution in [0.25, 0.3) is 10.9 Å². The second-order valence-corrected chi connectivity index (χ2v) is 4.54. The lowest BCUT2D eigenvalue weighted by molar-refractivity contribution is -0.132. The number of hydrogen-bond donors (Lipinski definition) is 1. The van der Waals surface area contributed by atoms with Crippen LogP contribution in [0.15, 0.2) is 22.9 Å². The Labute approximate surface area is 131 Å². The van der Waals surface area contributed by atoms with Gasteiger partial charge in [-0.1, -0.05) is 6.04 Å². The molecule has 1 aliphatic carbocycles. The molecule has 108 valence electrons. The highest BCUT2D eigenvalue weighted by Gasteiger charge is 2.30. The van der Waals surface area contributed by atoms with Gasteiger partial charge < -0.3 is 5.73 Å². The Balaban J connectivity index is 2.49. The van der Waals surface area contributed by atoms with Gasteiger partial charge in [0.15, 0.2) is 5.78 Å². The van der Waals surface area contributed by atoms with Crippen molar-refractivity contribution in [3.05, 3.63) is 34.3 Å². The zero-order chi connectivity index (χ0) is 22.0. The van der Waals surface area contributed by atoms with E-state index in [1.807, 2.05) is 0 Å². The number of nitrogens with zero attached hydrogens (tertiary/aromatic N) is 2. The Morgan fingerprint density at radius 1 is 1.48 bits per heavy atom. The Kier molecular flexibility index (Phi) is 1.59. The molecule has 1 heterocycles. The fourth-order valence-electron chi connectivity index (χ4n) is 2.22.